The zero-order chi connectivity index (χ0) is 46.6. The van der Waals surface area contributed by atoms with E-state index in [0.717, 1.165) is 62.8 Å². The molecule has 12 nitrogen and oxygen atoms in total. The Kier molecular flexibility index (Phi) is 13.7. The van der Waals surface area contributed by atoms with Crippen LogP contribution in [0.4, 0.5) is 26.3 Å². The van der Waals surface area contributed by atoms with Crippen LogP contribution < -0.4 is 10.6 Å². The van der Waals surface area contributed by atoms with Crippen molar-refractivity contribution >= 4 is 63.3 Å². The van der Waals surface area contributed by atoms with Gasteiger partial charge in [-0.3, -0.25) is 9.59 Å². The molecule has 6 atom stereocenters. The summed E-state index contributed by atoms with van der Waals surface area (Å²) in [4.78, 5) is 24.2. The van der Waals surface area contributed by atoms with E-state index in [9.17, 15) is 63.3 Å². The number of hydrogen-bond donors (Lipinski definition) is 2. The first-order chi connectivity index (χ1) is 29.9. The number of rotatable bonds is 12. The Hall–Kier alpha value is -3.28. The third kappa shape index (κ3) is 10.5. The molecule has 64 heavy (non-hydrogen) atoms. The number of hydrogen-bond acceptors (Lipinski definition) is 10. The van der Waals surface area contributed by atoms with E-state index in [4.69, 9.17) is 9.47 Å². The molecular weight excluding hydrogens is 1030 g/mol. The minimum atomic E-state index is -4.85. The molecule has 2 aromatic carbocycles. The molecule has 6 aliphatic carbocycles. The van der Waals surface area contributed by atoms with E-state index in [1.54, 1.807) is 0 Å². The summed E-state index contributed by atoms with van der Waals surface area (Å²) in [7, 11) is -8.79. The number of carbonyl (C=O) groups is 2. The van der Waals surface area contributed by atoms with Crippen molar-refractivity contribution < 1.29 is 62.2 Å². The molecule has 0 saturated heterocycles. The third-order valence-electron chi connectivity index (χ3n) is 13.1. The van der Waals surface area contributed by atoms with Gasteiger partial charge in [-0.15, -0.1) is 0 Å². The van der Waals surface area contributed by atoms with E-state index in [2.05, 4.69) is 54.6 Å². The van der Waals surface area contributed by atoms with Gasteiger partial charge in [0.25, 0.3) is 0 Å². The molecule has 22 heteroatoms. The van der Waals surface area contributed by atoms with Crippen LogP contribution in [0, 0.1) is 34.5 Å². The van der Waals surface area contributed by atoms with E-state index in [0.29, 0.717) is 25.7 Å². The van der Waals surface area contributed by atoms with Gasteiger partial charge in [0.05, 0.1) is 79.8 Å². The SMILES string of the molecule is N#CC1(NC(=O)[C@@H]2C[C@@H](S(=O)(=O)c3ccc(Br)cc3C(F)(F)F)C[C@H]2OC2CCC2)CC1.N#CC1(NC(=O)[C@H]2C[C@H](S(=O)(=O)c3ccc(Br)cc3C(F)(F)F)C[C@@H]2OC2CCC2)CC1. The summed E-state index contributed by atoms with van der Waals surface area (Å²) in [5, 5.41) is 21.5. The second kappa shape index (κ2) is 18.1. The maximum atomic E-state index is 13.6. The van der Waals surface area contributed by atoms with Crippen LogP contribution in [0.1, 0.15) is 101 Å². The largest absolute Gasteiger partial charge is 0.417 e. The molecule has 0 unspecified atom stereocenters. The molecule has 0 heterocycles. The zero-order valence-electron chi connectivity index (χ0n) is 34.0. The third-order valence-corrected chi connectivity index (χ3v) is 18.5. The minimum absolute atomic E-state index is 0.0656. The highest BCUT2D eigenvalue weighted by Gasteiger charge is 2.54. The summed E-state index contributed by atoms with van der Waals surface area (Å²) in [5.41, 5.74) is -4.33. The van der Waals surface area contributed by atoms with Gasteiger partial charge >= 0.3 is 12.4 Å². The molecule has 0 radical (unpaired) electrons. The maximum absolute atomic E-state index is 13.6. The van der Waals surface area contributed by atoms with E-state index >= 15 is 0 Å². The van der Waals surface area contributed by atoms with Crippen molar-refractivity contribution in [2.45, 2.75) is 158 Å². The Morgan fingerprint density at radius 3 is 1.23 bits per heavy atom. The second-order valence-corrected chi connectivity index (χ2v) is 23.8. The lowest BCUT2D eigenvalue weighted by Crippen LogP contribution is -2.43. The fraction of sp³-hybridized carbons (Fsp3) is 0.619. The molecule has 0 aromatic heterocycles. The summed E-state index contributed by atoms with van der Waals surface area (Å²) in [6, 6.07) is 10.0. The molecule has 6 fully saturated rings. The lowest BCUT2D eigenvalue weighted by molar-refractivity contribution is -0.140. The number of nitrogens with zero attached hydrogens (tertiary/aromatic N) is 2. The topological polar surface area (TPSA) is 193 Å². The molecule has 2 N–H and O–H groups in total. The molecule has 0 spiro atoms. The molecule has 2 aromatic rings. The zero-order valence-corrected chi connectivity index (χ0v) is 38.8. The molecule has 6 saturated carbocycles. The summed E-state index contributed by atoms with van der Waals surface area (Å²) >= 11 is 5.93. The number of ether oxygens (including phenoxy) is 2. The fourth-order valence-electron chi connectivity index (χ4n) is 8.52. The van der Waals surface area contributed by atoms with Gasteiger partial charge in [0.15, 0.2) is 19.7 Å². The smallest absolute Gasteiger partial charge is 0.374 e. The Balaban J connectivity index is 0.000000191. The van der Waals surface area contributed by atoms with Crippen molar-refractivity contribution in [1.29, 1.82) is 10.5 Å². The highest BCUT2D eigenvalue weighted by Crippen LogP contribution is 2.46. The Labute approximate surface area is 383 Å². The number of benzene rings is 2. The van der Waals surface area contributed by atoms with E-state index in [1.807, 2.05) is 0 Å². The maximum Gasteiger partial charge on any atom is 0.417 e. The van der Waals surface area contributed by atoms with Crippen LogP contribution >= 0.6 is 31.9 Å². The number of nitrogens with one attached hydrogen (secondary N) is 2. The molecular formula is C42H44Br2F6N4O8S2. The van der Waals surface area contributed by atoms with Gasteiger partial charge in [-0.2, -0.15) is 36.9 Å². The van der Waals surface area contributed by atoms with Gasteiger partial charge in [0.2, 0.25) is 11.8 Å². The first-order valence-electron chi connectivity index (χ1n) is 20.9. The van der Waals surface area contributed by atoms with Crippen LogP contribution in [0.3, 0.4) is 0 Å². The monoisotopic (exact) mass is 1070 g/mol. The Morgan fingerprint density at radius 2 is 0.969 bits per heavy atom. The highest BCUT2D eigenvalue weighted by molar-refractivity contribution is 9.10. The molecule has 6 aliphatic rings. The summed E-state index contributed by atoms with van der Waals surface area (Å²) in [6.45, 7) is 0. The number of alkyl halides is 6. The summed E-state index contributed by atoms with van der Waals surface area (Å²) in [6.07, 6.45) is -4.52. The number of carbonyl (C=O) groups excluding carboxylic acids is 2. The lowest BCUT2D eigenvalue weighted by Gasteiger charge is -2.31. The highest BCUT2D eigenvalue weighted by atomic mass is 79.9. The average molecular weight is 1070 g/mol. The summed E-state index contributed by atoms with van der Waals surface area (Å²) < 4.78 is 147. The van der Waals surface area contributed by atoms with Crippen molar-refractivity contribution in [3.63, 3.8) is 0 Å². The molecule has 2 amide bonds. The van der Waals surface area contributed by atoms with Gasteiger partial charge in [-0.05, 0) is 126 Å². The van der Waals surface area contributed by atoms with Crippen molar-refractivity contribution in [3.8, 4) is 12.1 Å². The second-order valence-electron chi connectivity index (χ2n) is 17.6. The normalized spacial score (nSPS) is 27.4. The van der Waals surface area contributed by atoms with Crippen molar-refractivity contribution in [2.75, 3.05) is 0 Å². The Bertz CT molecular complexity index is 2290. The van der Waals surface area contributed by atoms with Gasteiger partial charge in [0.1, 0.15) is 11.1 Å². The lowest BCUT2D eigenvalue weighted by atomic mass is 9.95. The van der Waals surface area contributed by atoms with Crippen LogP contribution in [-0.2, 0) is 51.1 Å². The van der Waals surface area contributed by atoms with Crippen LogP contribution in [0.2, 0.25) is 0 Å². The molecule has 0 bridgehead atoms. The van der Waals surface area contributed by atoms with Gasteiger partial charge in [-0.25, -0.2) is 16.8 Å². The first kappa shape index (κ1) is 48.6. The van der Waals surface area contributed by atoms with Gasteiger partial charge in [0, 0.05) is 8.95 Å². The van der Waals surface area contributed by atoms with E-state index in [-0.39, 0.29) is 46.8 Å². The number of halogens is 8. The van der Waals surface area contributed by atoms with Crippen LogP contribution in [0.25, 0.3) is 0 Å². The van der Waals surface area contributed by atoms with Crippen LogP contribution in [-0.4, -0.2) is 74.6 Å². The van der Waals surface area contributed by atoms with E-state index in [1.165, 1.54) is 12.1 Å². The first-order valence-corrected chi connectivity index (χ1v) is 25.6. The predicted molar refractivity (Wildman–Crippen MR) is 222 cm³/mol. The quantitative estimate of drug-likeness (QED) is 0.196. The van der Waals surface area contributed by atoms with Crippen molar-refractivity contribution in [1.82, 2.24) is 10.6 Å². The van der Waals surface area contributed by atoms with Gasteiger partial charge < -0.3 is 20.1 Å². The Morgan fingerprint density at radius 1 is 0.625 bits per heavy atom. The standard InChI is InChI=1S/2C21H22BrF3N2O4S/c2*22-12-4-5-18(16(8-12)21(23,24)25)32(29,30)14-9-15(17(10-14)31-13-2-1-3-13)19(28)27-20(11-26)6-7-20/h2*4-5,8,13-15,17H,1-3,6-7,9-10H2,(H,27,28)/t2*14-,15-,17-/m10/s1. The predicted octanol–water partition coefficient (Wildman–Crippen LogP) is 8.26. The average Bonchev–Trinajstić information content (AvgIpc) is 4.04. The van der Waals surface area contributed by atoms with Crippen LogP contribution in [0.5, 0.6) is 0 Å². The van der Waals surface area contributed by atoms with Crippen molar-refractivity contribution in [2.24, 2.45) is 11.8 Å². The van der Waals surface area contributed by atoms with E-state index < -0.39 is 110 Å². The number of sulfone groups is 2. The molecule has 348 valence electrons. The number of nitriles is 2. The fourth-order valence-corrected chi connectivity index (χ4v) is 13.2. The number of amides is 2. The van der Waals surface area contributed by atoms with Crippen molar-refractivity contribution in [3.05, 3.63) is 56.5 Å². The molecule has 8 rings (SSSR count). The molecule has 0 aliphatic heterocycles. The minimum Gasteiger partial charge on any atom is -0.374 e. The van der Waals surface area contributed by atoms with Crippen LogP contribution in [0.15, 0.2) is 55.1 Å². The summed E-state index contributed by atoms with van der Waals surface area (Å²) in [5.74, 6) is -2.63. The van der Waals surface area contributed by atoms with Gasteiger partial charge in [-0.1, -0.05) is 31.9 Å².